The van der Waals surface area contributed by atoms with Crippen LogP contribution in [-0.2, 0) is 14.2 Å². The van der Waals surface area contributed by atoms with E-state index in [4.69, 9.17) is 23.7 Å². The van der Waals surface area contributed by atoms with Crippen LogP contribution in [0, 0.1) is 0 Å². The van der Waals surface area contributed by atoms with Crippen molar-refractivity contribution in [2.75, 3.05) is 13.7 Å². The van der Waals surface area contributed by atoms with Crippen molar-refractivity contribution >= 4 is 11.9 Å². The van der Waals surface area contributed by atoms with Crippen molar-refractivity contribution in [1.29, 1.82) is 0 Å². The molecule has 4 rings (SSSR count). The number of phenolic OH excluding ortho intramolecular Hbond substituents is 3. The number of phenols is 3. The van der Waals surface area contributed by atoms with Crippen molar-refractivity contribution in [1.82, 2.24) is 0 Å². The van der Waals surface area contributed by atoms with E-state index in [2.05, 4.69) is 0 Å². The third kappa shape index (κ3) is 6.85. The summed E-state index contributed by atoms with van der Waals surface area (Å²) in [6, 6.07) is 6.30. The highest BCUT2D eigenvalue weighted by molar-refractivity contribution is 6.10. The number of rotatable bonds is 9. The van der Waals surface area contributed by atoms with Gasteiger partial charge in [-0.15, -0.1) is 0 Å². The predicted molar refractivity (Wildman–Crippen MR) is 143 cm³/mol. The second-order valence-electron chi connectivity index (χ2n) is 10.1. The van der Waals surface area contributed by atoms with Crippen molar-refractivity contribution in [2.24, 2.45) is 0 Å². The monoisotopic (exact) mass is 610 g/mol. The quantitative estimate of drug-likeness (QED) is 0.119. The van der Waals surface area contributed by atoms with Crippen molar-refractivity contribution in [3.63, 3.8) is 0 Å². The van der Waals surface area contributed by atoms with Crippen LogP contribution in [0.2, 0.25) is 0 Å². The fraction of sp³-hybridized carbons (Fsp3) is 0.464. The highest BCUT2D eigenvalue weighted by Crippen LogP contribution is 2.36. The number of ketones is 1. The average molecular weight is 611 g/mol. The third-order valence-electron chi connectivity index (χ3n) is 7.12. The van der Waals surface area contributed by atoms with Gasteiger partial charge in [0.2, 0.25) is 6.29 Å². The summed E-state index contributed by atoms with van der Waals surface area (Å²) in [4.78, 5) is 12.8. The molecule has 2 saturated heterocycles. The van der Waals surface area contributed by atoms with Gasteiger partial charge in [-0.2, -0.15) is 0 Å². The largest absolute Gasteiger partial charge is 0.507 e. The highest BCUT2D eigenvalue weighted by atomic mass is 16.8. The maximum atomic E-state index is 12.8. The molecular formula is C28H34O15. The van der Waals surface area contributed by atoms with E-state index >= 15 is 0 Å². The van der Waals surface area contributed by atoms with E-state index in [1.807, 2.05) is 0 Å². The number of carbonyl (C=O) groups is 1. The number of methoxy groups -OCH3 is 1. The number of benzene rings is 2. The van der Waals surface area contributed by atoms with E-state index < -0.39 is 90.9 Å². The number of ether oxygens (including phenoxy) is 5. The first-order chi connectivity index (χ1) is 20.4. The molecule has 2 aromatic rings. The Morgan fingerprint density at radius 1 is 0.860 bits per heavy atom. The summed E-state index contributed by atoms with van der Waals surface area (Å²) >= 11 is 0. The molecule has 0 bridgehead atoms. The van der Waals surface area contributed by atoms with Crippen molar-refractivity contribution in [3.8, 4) is 28.7 Å². The van der Waals surface area contributed by atoms with E-state index in [1.165, 1.54) is 32.2 Å². The van der Waals surface area contributed by atoms with E-state index in [9.17, 15) is 50.8 Å². The fourth-order valence-electron chi connectivity index (χ4n) is 4.68. The number of aliphatic hydroxyl groups is 6. The van der Waals surface area contributed by atoms with Crippen LogP contribution in [0.1, 0.15) is 22.8 Å². The topological polar surface area (TPSA) is 245 Å². The zero-order chi connectivity index (χ0) is 31.6. The first-order valence-corrected chi connectivity index (χ1v) is 13.2. The van der Waals surface area contributed by atoms with Gasteiger partial charge in [0.1, 0.15) is 59.4 Å². The van der Waals surface area contributed by atoms with Gasteiger partial charge in [0.05, 0.1) is 19.8 Å². The maximum Gasteiger partial charge on any atom is 0.229 e. The molecule has 43 heavy (non-hydrogen) atoms. The van der Waals surface area contributed by atoms with Crippen LogP contribution in [-0.4, -0.2) is 127 Å². The standard InChI is InChI=1S/C28H34O15/c1-11-21(34)23(36)25(38)27(40-11)43-26-24(37)22(35)19(10-29)42-28(26)41-13-8-16(32)20(17(33)9-13)14(30)5-3-12-4-6-18(39-2)15(31)7-12/h3-9,11,19,21-29,31-38H,10H2,1-2H3/b5-3+/t11-,19+,21+,22-,23+,24-,25+,26-,27+,28+/m1/s1. The normalized spacial score (nSPS) is 32.9. The molecule has 0 unspecified atom stereocenters. The van der Waals surface area contributed by atoms with E-state index in [-0.39, 0.29) is 17.2 Å². The van der Waals surface area contributed by atoms with Gasteiger partial charge in [0.15, 0.2) is 29.7 Å². The second-order valence-corrected chi connectivity index (χ2v) is 10.1. The molecule has 0 aromatic heterocycles. The van der Waals surface area contributed by atoms with Gasteiger partial charge in [-0.3, -0.25) is 4.79 Å². The molecule has 2 aromatic carbocycles. The van der Waals surface area contributed by atoms with Gasteiger partial charge in [-0.25, -0.2) is 0 Å². The maximum absolute atomic E-state index is 12.8. The predicted octanol–water partition coefficient (Wildman–Crippen LogP) is -1.26. The number of aliphatic hydroxyl groups excluding tert-OH is 6. The molecule has 2 heterocycles. The summed E-state index contributed by atoms with van der Waals surface area (Å²) in [5.74, 6) is -2.43. The Morgan fingerprint density at radius 2 is 1.53 bits per heavy atom. The van der Waals surface area contributed by atoms with Crippen LogP contribution in [0.3, 0.4) is 0 Å². The molecule has 9 N–H and O–H groups in total. The third-order valence-corrected chi connectivity index (χ3v) is 7.12. The Balaban J connectivity index is 1.55. The molecule has 0 radical (unpaired) electrons. The lowest BCUT2D eigenvalue weighted by Crippen LogP contribution is -2.64. The van der Waals surface area contributed by atoms with Crippen LogP contribution in [0.4, 0.5) is 0 Å². The number of carbonyl (C=O) groups excluding carboxylic acids is 1. The number of aromatic hydroxyl groups is 3. The molecule has 0 aliphatic carbocycles. The van der Waals surface area contributed by atoms with Crippen LogP contribution in [0.15, 0.2) is 36.4 Å². The lowest BCUT2D eigenvalue weighted by molar-refractivity contribution is -0.354. The van der Waals surface area contributed by atoms with Gasteiger partial charge in [0, 0.05) is 12.1 Å². The molecule has 0 amide bonds. The Kier molecular flexibility index (Phi) is 10.1. The molecule has 15 nitrogen and oxygen atoms in total. The summed E-state index contributed by atoms with van der Waals surface area (Å²) < 4.78 is 27.2. The Morgan fingerprint density at radius 3 is 2.14 bits per heavy atom. The summed E-state index contributed by atoms with van der Waals surface area (Å²) in [5.41, 5.74) is -0.0589. The highest BCUT2D eigenvalue weighted by Gasteiger charge is 2.51. The molecular weight excluding hydrogens is 576 g/mol. The number of hydrogen-bond acceptors (Lipinski definition) is 15. The minimum absolute atomic E-state index is 0.162. The van der Waals surface area contributed by atoms with Gasteiger partial charge in [0.25, 0.3) is 0 Å². The smallest absolute Gasteiger partial charge is 0.229 e. The Bertz CT molecular complexity index is 1290. The zero-order valence-electron chi connectivity index (χ0n) is 23.0. The summed E-state index contributed by atoms with van der Waals surface area (Å²) in [6.45, 7) is 0.649. The first kappa shape index (κ1) is 32.4. The van der Waals surface area contributed by atoms with E-state index in [1.54, 1.807) is 6.07 Å². The van der Waals surface area contributed by atoms with Crippen LogP contribution < -0.4 is 9.47 Å². The molecule has 15 heteroatoms. The lowest BCUT2D eigenvalue weighted by atomic mass is 9.97. The van der Waals surface area contributed by atoms with Crippen molar-refractivity contribution in [3.05, 3.63) is 47.5 Å². The molecule has 0 spiro atoms. The SMILES string of the molecule is COc1ccc(/C=C/C(=O)c2c(O)cc(O[C@H]3O[C@@H](CO)[C@@H](O)[C@@H](O)[C@H]3O[C@@H]3O[C@H](C)[C@H](O)[C@H](O)[C@@H]3O)cc2O)cc1O. The summed E-state index contributed by atoms with van der Waals surface area (Å²) in [5, 5.41) is 92.2. The lowest BCUT2D eigenvalue weighted by Gasteiger charge is -2.45. The molecule has 2 fully saturated rings. The molecule has 2 aliphatic heterocycles. The summed E-state index contributed by atoms with van der Waals surface area (Å²) in [7, 11) is 1.38. The van der Waals surface area contributed by atoms with Crippen LogP contribution in [0.25, 0.3) is 6.08 Å². The minimum Gasteiger partial charge on any atom is -0.507 e. The number of hydrogen-bond donors (Lipinski definition) is 9. The molecule has 0 saturated carbocycles. The molecule has 2 aliphatic rings. The fourth-order valence-corrected chi connectivity index (χ4v) is 4.68. The summed E-state index contributed by atoms with van der Waals surface area (Å²) in [6.07, 6.45) is -13.3. The van der Waals surface area contributed by atoms with Gasteiger partial charge < -0.3 is 69.6 Å². The molecule has 236 valence electrons. The van der Waals surface area contributed by atoms with Crippen LogP contribution in [0.5, 0.6) is 28.7 Å². The Labute approximate surface area is 245 Å². The molecule has 10 atom stereocenters. The van der Waals surface area contributed by atoms with Crippen molar-refractivity contribution in [2.45, 2.75) is 68.3 Å². The number of allylic oxidation sites excluding steroid dienone is 1. The van der Waals surface area contributed by atoms with Gasteiger partial charge >= 0.3 is 0 Å². The zero-order valence-corrected chi connectivity index (χ0v) is 23.0. The average Bonchev–Trinajstić information content (AvgIpc) is 2.96. The van der Waals surface area contributed by atoms with Crippen molar-refractivity contribution < 1.29 is 74.4 Å². The minimum atomic E-state index is -1.79. The van der Waals surface area contributed by atoms with Crippen LogP contribution >= 0.6 is 0 Å². The van der Waals surface area contributed by atoms with E-state index in [0.717, 1.165) is 18.2 Å². The van der Waals surface area contributed by atoms with Gasteiger partial charge in [-0.05, 0) is 30.7 Å². The second kappa shape index (κ2) is 13.4. The first-order valence-electron chi connectivity index (χ1n) is 13.2. The van der Waals surface area contributed by atoms with E-state index in [0.29, 0.717) is 5.56 Å². The van der Waals surface area contributed by atoms with Gasteiger partial charge in [-0.1, -0.05) is 12.1 Å². The Hall–Kier alpha value is -3.51.